The third-order valence-corrected chi connectivity index (χ3v) is 2.86. The smallest absolute Gasteiger partial charge is 0.141 e. The topological polar surface area (TPSA) is 92.6 Å². The van der Waals surface area contributed by atoms with Gasteiger partial charge in [0.15, 0.2) is 0 Å². The summed E-state index contributed by atoms with van der Waals surface area (Å²) < 4.78 is 1.94. The third-order valence-electron chi connectivity index (χ3n) is 2.86. The minimum atomic E-state index is 0.252. The molecule has 0 radical (unpaired) electrons. The molecule has 19 heavy (non-hydrogen) atoms. The highest BCUT2D eigenvalue weighted by Crippen LogP contribution is 2.05. The molecule has 1 aromatic rings. The van der Waals surface area contributed by atoms with Crippen LogP contribution in [0.2, 0.25) is 0 Å². The Balaban J connectivity index is 2.58. The average molecular weight is 268 g/mol. The molecule has 0 saturated carbocycles. The number of oxime groups is 1. The summed E-state index contributed by atoms with van der Waals surface area (Å²) in [6.07, 6.45) is 2.14. The highest BCUT2D eigenvalue weighted by molar-refractivity contribution is 5.79. The fourth-order valence-electron chi connectivity index (χ4n) is 1.78. The number of aromatic nitrogens is 3. The number of amidine groups is 1. The van der Waals surface area contributed by atoms with E-state index in [-0.39, 0.29) is 5.84 Å². The lowest BCUT2D eigenvalue weighted by molar-refractivity contribution is 0.268. The summed E-state index contributed by atoms with van der Waals surface area (Å²) in [6, 6.07) is 0. The molecule has 0 bridgehead atoms. The van der Waals surface area contributed by atoms with E-state index in [1.807, 2.05) is 4.68 Å². The Kier molecular flexibility index (Phi) is 6.27. The summed E-state index contributed by atoms with van der Waals surface area (Å²) in [5, 5.41) is 15.8. The molecule has 0 saturated heterocycles. The Labute approximate surface area is 114 Å². The number of nitrogens with two attached hydrogens (primary N) is 1. The van der Waals surface area contributed by atoms with Crippen LogP contribution in [0.4, 0.5) is 0 Å². The number of hydrogen-bond donors (Lipinski definition) is 2. The van der Waals surface area contributed by atoms with Gasteiger partial charge in [-0.3, -0.25) is 4.90 Å². The Hall–Kier alpha value is -1.63. The van der Waals surface area contributed by atoms with Crippen molar-refractivity contribution in [1.82, 2.24) is 19.7 Å². The van der Waals surface area contributed by atoms with E-state index in [0.717, 1.165) is 32.0 Å². The third kappa shape index (κ3) is 5.25. The lowest BCUT2D eigenvalue weighted by Gasteiger charge is -2.20. The second-order valence-electron chi connectivity index (χ2n) is 4.96. The Morgan fingerprint density at radius 3 is 2.89 bits per heavy atom. The molecular weight excluding hydrogens is 244 g/mol. The molecule has 7 nitrogen and oxygen atoms in total. The SMILES string of the molecule is CCN(CCC(N)=NO)Cc1ncnn1CC(C)C. The molecule has 3 N–H and O–H groups in total. The fraction of sp³-hybridized carbons (Fsp3) is 0.750. The molecule has 0 fully saturated rings. The van der Waals surface area contributed by atoms with Crippen LogP contribution in [-0.4, -0.2) is 43.8 Å². The normalized spacial score (nSPS) is 12.6. The summed E-state index contributed by atoms with van der Waals surface area (Å²) in [7, 11) is 0. The van der Waals surface area contributed by atoms with Crippen LogP contribution in [-0.2, 0) is 13.1 Å². The van der Waals surface area contributed by atoms with E-state index in [1.54, 1.807) is 6.33 Å². The standard InChI is InChI=1S/C12H24N6O/c1-4-17(6-5-11(13)16-19)8-12-14-9-15-18(12)7-10(2)3/h9-10,19H,4-8H2,1-3H3,(H2,13,16). The van der Waals surface area contributed by atoms with Crippen LogP contribution >= 0.6 is 0 Å². The maximum absolute atomic E-state index is 8.54. The summed E-state index contributed by atoms with van der Waals surface area (Å²) >= 11 is 0. The zero-order chi connectivity index (χ0) is 14.3. The Bertz CT molecular complexity index is 401. The summed E-state index contributed by atoms with van der Waals surface area (Å²) in [5.74, 6) is 1.74. The number of nitrogens with zero attached hydrogens (tertiary/aromatic N) is 5. The van der Waals surface area contributed by atoms with Crippen molar-refractivity contribution < 1.29 is 5.21 Å². The quantitative estimate of drug-likeness (QED) is 0.316. The first kappa shape index (κ1) is 15.4. The molecule has 0 amide bonds. The highest BCUT2D eigenvalue weighted by atomic mass is 16.4. The zero-order valence-corrected chi connectivity index (χ0v) is 12.0. The van der Waals surface area contributed by atoms with E-state index in [2.05, 4.69) is 40.9 Å². The predicted octanol–water partition coefficient (Wildman–Crippen LogP) is 0.892. The van der Waals surface area contributed by atoms with Crippen LogP contribution in [0.1, 0.15) is 33.0 Å². The fourth-order valence-corrected chi connectivity index (χ4v) is 1.78. The van der Waals surface area contributed by atoms with Crippen LogP contribution in [0, 0.1) is 5.92 Å². The van der Waals surface area contributed by atoms with Crippen molar-refractivity contribution in [3.63, 3.8) is 0 Å². The van der Waals surface area contributed by atoms with E-state index >= 15 is 0 Å². The van der Waals surface area contributed by atoms with E-state index in [1.165, 1.54) is 0 Å². The first-order chi connectivity index (χ1) is 9.06. The van der Waals surface area contributed by atoms with Gasteiger partial charge in [0.25, 0.3) is 0 Å². The summed E-state index contributed by atoms with van der Waals surface area (Å²) in [6.45, 7) is 9.60. The Morgan fingerprint density at radius 2 is 2.32 bits per heavy atom. The minimum absolute atomic E-state index is 0.252. The molecule has 1 rings (SSSR count). The molecular formula is C12H24N6O. The second kappa shape index (κ2) is 7.73. The van der Waals surface area contributed by atoms with E-state index in [0.29, 0.717) is 12.3 Å². The molecule has 0 aliphatic carbocycles. The molecule has 0 unspecified atom stereocenters. The van der Waals surface area contributed by atoms with Gasteiger partial charge in [0.1, 0.15) is 18.0 Å². The largest absolute Gasteiger partial charge is 0.409 e. The van der Waals surface area contributed by atoms with Gasteiger partial charge in [-0.1, -0.05) is 25.9 Å². The lowest BCUT2D eigenvalue weighted by atomic mass is 10.2. The van der Waals surface area contributed by atoms with Crippen molar-refractivity contribution in [2.24, 2.45) is 16.8 Å². The second-order valence-corrected chi connectivity index (χ2v) is 4.96. The molecule has 1 aromatic heterocycles. The van der Waals surface area contributed by atoms with E-state index in [9.17, 15) is 0 Å². The van der Waals surface area contributed by atoms with Gasteiger partial charge >= 0.3 is 0 Å². The first-order valence-corrected chi connectivity index (χ1v) is 6.62. The van der Waals surface area contributed by atoms with Gasteiger partial charge in [-0.15, -0.1) is 0 Å². The highest BCUT2D eigenvalue weighted by Gasteiger charge is 2.11. The van der Waals surface area contributed by atoms with Crippen molar-refractivity contribution in [2.75, 3.05) is 13.1 Å². The van der Waals surface area contributed by atoms with Crippen molar-refractivity contribution >= 4 is 5.84 Å². The number of rotatable bonds is 8. The molecule has 0 atom stereocenters. The molecule has 108 valence electrons. The average Bonchev–Trinajstić information content (AvgIpc) is 2.80. The van der Waals surface area contributed by atoms with Gasteiger partial charge in [-0.2, -0.15) is 5.10 Å². The van der Waals surface area contributed by atoms with Gasteiger partial charge < -0.3 is 10.9 Å². The molecule has 0 aromatic carbocycles. The molecule has 0 aliphatic rings. The van der Waals surface area contributed by atoms with Gasteiger partial charge in [0.05, 0.1) is 6.54 Å². The van der Waals surface area contributed by atoms with E-state index in [4.69, 9.17) is 10.9 Å². The number of hydrogen-bond acceptors (Lipinski definition) is 5. The van der Waals surface area contributed by atoms with Crippen LogP contribution in [0.5, 0.6) is 0 Å². The van der Waals surface area contributed by atoms with Crippen LogP contribution < -0.4 is 5.73 Å². The van der Waals surface area contributed by atoms with Crippen molar-refractivity contribution in [3.05, 3.63) is 12.2 Å². The van der Waals surface area contributed by atoms with Crippen molar-refractivity contribution in [1.29, 1.82) is 0 Å². The molecule has 7 heteroatoms. The van der Waals surface area contributed by atoms with Gasteiger partial charge in [0, 0.05) is 19.5 Å². The monoisotopic (exact) mass is 268 g/mol. The Morgan fingerprint density at radius 1 is 1.58 bits per heavy atom. The summed E-state index contributed by atoms with van der Waals surface area (Å²) in [5.41, 5.74) is 5.49. The maximum Gasteiger partial charge on any atom is 0.141 e. The van der Waals surface area contributed by atoms with Crippen LogP contribution in [0.25, 0.3) is 0 Å². The zero-order valence-electron chi connectivity index (χ0n) is 12.0. The molecule has 0 aliphatic heterocycles. The maximum atomic E-state index is 8.54. The van der Waals surface area contributed by atoms with Gasteiger partial charge in [-0.25, -0.2) is 9.67 Å². The molecule has 0 spiro atoms. The van der Waals surface area contributed by atoms with Crippen LogP contribution in [0.3, 0.4) is 0 Å². The summed E-state index contributed by atoms with van der Waals surface area (Å²) in [4.78, 5) is 6.50. The molecule has 1 heterocycles. The lowest BCUT2D eigenvalue weighted by Crippen LogP contribution is -2.29. The van der Waals surface area contributed by atoms with E-state index < -0.39 is 0 Å². The van der Waals surface area contributed by atoms with Crippen molar-refractivity contribution in [2.45, 2.75) is 40.3 Å². The van der Waals surface area contributed by atoms with Crippen molar-refractivity contribution in [3.8, 4) is 0 Å². The van der Waals surface area contributed by atoms with Gasteiger partial charge in [-0.05, 0) is 12.5 Å². The predicted molar refractivity (Wildman–Crippen MR) is 73.8 cm³/mol. The first-order valence-electron chi connectivity index (χ1n) is 6.62. The van der Waals surface area contributed by atoms with Gasteiger partial charge in [0.2, 0.25) is 0 Å². The van der Waals surface area contributed by atoms with Crippen LogP contribution in [0.15, 0.2) is 11.5 Å². The minimum Gasteiger partial charge on any atom is -0.409 e.